The molecule has 5 aromatic rings. The van der Waals surface area contributed by atoms with Crippen molar-refractivity contribution in [3.05, 3.63) is 83.0 Å². The van der Waals surface area contributed by atoms with E-state index < -0.39 is 0 Å². The van der Waals surface area contributed by atoms with Crippen molar-refractivity contribution in [3.63, 3.8) is 0 Å². The highest BCUT2D eigenvalue weighted by atomic mass is 32.2. The van der Waals surface area contributed by atoms with Gasteiger partial charge in [0, 0.05) is 17.5 Å². The lowest BCUT2D eigenvalue weighted by Crippen LogP contribution is -2.13. The first kappa shape index (κ1) is 16.2. The van der Waals surface area contributed by atoms with Crippen LogP contribution in [0.15, 0.2) is 76.9 Å². The van der Waals surface area contributed by atoms with Gasteiger partial charge in [-0.05, 0) is 24.3 Å². The van der Waals surface area contributed by atoms with Crippen LogP contribution in [0.2, 0.25) is 0 Å². The fraction of sp³-hybridized carbons (Fsp3) is 0.0526. The van der Waals surface area contributed by atoms with Crippen LogP contribution < -0.4 is 5.56 Å². The average molecular weight is 391 g/mol. The Balaban J connectivity index is 1.47. The normalized spacial score (nSPS) is 11.4. The van der Waals surface area contributed by atoms with E-state index in [1.807, 2.05) is 59.2 Å². The van der Waals surface area contributed by atoms with Crippen LogP contribution in [-0.2, 0) is 5.75 Å². The quantitative estimate of drug-likeness (QED) is 0.436. The summed E-state index contributed by atoms with van der Waals surface area (Å²) >= 11 is 3.03. The maximum absolute atomic E-state index is 12.6. The summed E-state index contributed by atoms with van der Waals surface area (Å²) in [6, 6.07) is 19.4. The highest BCUT2D eigenvalue weighted by molar-refractivity contribution is 7.98. The first-order valence-corrected chi connectivity index (χ1v) is 10.1. The van der Waals surface area contributed by atoms with E-state index >= 15 is 0 Å². The van der Waals surface area contributed by atoms with Crippen molar-refractivity contribution in [2.24, 2.45) is 0 Å². The minimum Gasteiger partial charge on any atom is -0.277 e. The van der Waals surface area contributed by atoms with Crippen molar-refractivity contribution in [2.45, 2.75) is 10.9 Å². The van der Waals surface area contributed by atoms with Gasteiger partial charge in [-0.25, -0.2) is 4.98 Å². The third-order valence-corrected chi connectivity index (χ3v) is 6.15. The number of hydrogen-bond acceptors (Lipinski definition) is 6. The van der Waals surface area contributed by atoms with E-state index in [0.29, 0.717) is 10.7 Å². The van der Waals surface area contributed by atoms with E-state index in [2.05, 4.69) is 15.2 Å². The molecule has 0 amide bonds. The predicted molar refractivity (Wildman–Crippen MR) is 108 cm³/mol. The molecule has 0 aliphatic rings. The molecule has 8 heteroatoms. The van der Waals surface area contributed by atoms with Crippen LogP contribution in [0.3, 0.4) is 0 Å². The second-order valence-electron chi connectivity index (χ2n) is 5.88. The first-order valence-electron chi connectivity index (χ1n) is 8.28. The molecular weight excluding hydrogens is 378 g/mol. The summed E-state index contributed by atoms with van der Waals surface area (Å²) in [6.07, 6.45) is 1.69. The van der Waals surface area contributed by atoms with Gasteiger partial charge in [0.2, 0.25) is 0 Å². The molecule has 6 nitrogen and oxygen atoms in total. The molecule has 5 rings (SSSR count). The predicted octanol–water partition coefficient (Wildman–Crippen LogP) is 3.78. The molecule has 2 aromatic carbocycles. The Morgan fingerprint density at radius 1 is 1.04 bits per heavy atom. The van der Waals surface area contributed by atoms with Gasteiger partial charge in [-0.15, -0.1) is 10.2 Å². The average Bonchev–Trinajstić information content (AvgIpc) is 3.31. The number of fused-ring (bicyclic) bond motifs is 3. The Kier molecular flexibility index (Phi) is 3.99. The van der Waals surface area contributed by atoms with Crippen molar-refractivity contribution in [1.29, 1.82) is 0 Å². The maximum Gasteiger partial charge on any atom is 0.259 e. The number of benzene rings is 2. The Morgan fingerprint density at radius 3 is 2.74 bits per heavy atom. The molecule has 0 bridgehead atoms. The summed E-state index contributed by atoms with van der Waals surface area (Å²) in [4.78, 5) is 18.0. The van der Waals surface area contributed by atoms with Crippen LogP contribution in [-0.4, -0.2) is 24.1 Å². The monoisotopic (exact) mass is 391 g/mol. The first-order chi connectivity index (χ1) is 13.3. The number of thiazole rings is 1. The van der Waals surface area contributed by atoms with Crippen LogP contribution in [0.5, 0.6) is 0 Å². The highest BCUT2D eigenvalue weighted by Crippen LogP contribution is 2.26. The zero-order valence-electron chi connectivity index (χ0n) is 14.0. The van der Waals surface area contributed by atoms with Gasteiger partial charge in [-0.2, -0.15) is 0 Å². The highest BCUT2D eigenvalue weighted by Gasteiger charge is 2.12. The fourth-order valence-corrected chi connectivity index (χ4v) is 4.80. The number of rotatable bonds is 4. The molecule has 27 heavy (non-hydrogen) atoms. The number of aromatic nitrogens is 5. The molecule has 0 N–H and O–H groups in total. The second kappa shape index (κ2) is 6.64. The van der Waals surface area contributed by atoms with E-state index in [9.17, 15) is 4.79 Å². The molecule has 0 radical (unpaired) electrons. The molecule has 3 heterocycles. The maximum atomic E-state index is 12.6. The molecule has 3 aromatic heterocycles. The lowest BCUT2D eigenvalue weighted by atomic mass is 10.3. The smallest absolute Gasteiger partial charge is 0.259 e. The van der Waals surface area contributed by atoms with Gasteiger partial charge < -0.3 is 0 Å². The van der Waals surface area contributed by atoms with Crippen LogP contribution in [0.25, 0.3) is 20.9 Å². The summed E-state index contributed by atoms with van der Waals surface area (Å²) in [7, 11) is 0. The van der Waals surface area contributed by atoms with Crippen molar-refractivity contribution < 1.29 is 0 Å². The Morgan fingerprint density at radius 2 is 1.85 bits per heavy atom. The van der Waals surface area contributed by atoms with Gasteiger partial charge >= 0.3 is 0 Å². The Hall–Kier alpha value is -2.97. The van der Waals surface area contributed by atoms with E-state index in [0.717, 1.165) is 26.8 Å². The minimum atomic E-state index is -0.0578. The van der Waals surface area contributed by atoms with Crippen LogP contribution in [0, 0.1) is 0 Å². The third-order valence-electron chi connectivity index (χ3n) is 4.15. The lowest BCUT2D eigenvalue weighted by molar-refractivity contribution is 0.882. The van der Waals surface area contributed by atoms with Crippen molar-refractivity contribution in [3.8, 4) is 5.69 Å². The molecule has 0 saturated carbocycles. The van der Waals surface area contributed by atoms with E-state index in [4.69, 9.17) is 0 Å². The SMILES string of the molecule is O=c1cc(CSc2nncn2-c2ccccc2)nc2sc3ccccc3n12. The van der Waals surface area contributed by atoms with Gasteiger partial charge in [-0.1, -0.05) is 53.4 Å². The molecule has 0 saturated heterocycles. The Labute approximate surface area is 162 Å². The van der Waals surface area contributed by atoms with Gasteiger partial charge in [0.1, 0.15) is 6.33 Å². The van der Waals surface area contributed by atoms with Crippen LogP contribution in [0.1, 0.15) is 5.69 Å². The third kappa shape index (κ3) is 2.92. The molecule has 132 valence electrons. The Bertz CT molecular complexity index is 1310. The molecule has 0 unspecified atom stereocenters. The van der Waals surface area contributed by atoms with E-state index in [-0.39, 0.29) is 5.56 Å². The zero-order valence-corrected chi connectivity index (χ0v) is 15.7. The second-order valence-corrected chi connectivity index (χ2v) is 7.83. The van der Waals surface area contributed by atoms with Crippen molar-refractivity contribution in [2.75, 3.05) is 0 Å². The summed E-state index contributed by atoms with van der Waals surface area (Å²) < 4.78 is 4.64. The summed E-state index contributed by atoms with van der Waals surface area (Å²) in [5, 5.41) is 8.97. The summed E-state index contributed by atoms with van der Waals surface area (Å²) in [6.45, 7) is 0. The molecule has 0 fully saturated rings. The fourth-order valence-electron chi connectivity index (χ4n) is 2.92. The van der Waals surface area contributed by atoms with Gasteiger partial charge in [0.15, 0.2) is 10.1 Å². The number of thioether (sulfide) groups is 1. The van der Waals surface area contributed by atoms with Gasteiger partial charge in [0.05, 0.1) is 15.9 Å². The zero-order chi connectivity index (χ0) is 18.2. The summed E-state index contributed by atoms with van der Waals surface area (Å²) in [5.41, 5.74) is 2.58. The van der Waals surface area contributed by atoms with Crippen LogP contribution >= 0.6 is 23.1 Å². The number of hydrogen-bond donors (Lipinski definition) is 0. The molecule has 0 atom stereocenters. The van der Waals surface area contributed by atoms with E-state index in [1.165, 1.54) is 23.1 Å². The minimum absolute atomic E-state index is 0.0578. The van der Waals surface area contributed by atoms with Crippen LogP contribution in [0.4, 0.5) is 0 Å². The number of nitrogens with zero attached hydrogens (tertiary/aromatic N) is 5. The van der Waals surface area contributed by atoms with Crippen molar-refractivity contribution in [1.82, 2.24) is 24.1 Å². The molecular formula is C19H13N5OS2. The molecule has 0 spiro atoms. The molecule has 0 aliphatic carbocycles. The standard InChI is InChI=1S/C19H13N5OS2/c25-17-10-13(21-18-24(17)15-8-4-5-9-16(15)27-18)11-26-19-22-20-12-23(19)14-6-2-1-3-7-14/h1-10,12H,11H2. The summed E-state index contributed by atoms with van der Waals surface area (Å²) in [5.74, 6) is 0.547. The number of para-hydroxylation sites is 2. The van der Waals surface area contributed by atoms with E-state index in [1.54, 1.807) is 16.8 Å². The lowest BCUT2D eigenvalue weighted by Gasteiger charge is -2.05. The van der Waals surface area contributed by atoms with Gasteiger partial charge in [-0.3, -0.25) is 13.8 Å². The van der Waals surface area contributed by atoms with Crippen molar-refractivity contribution >= 4 is 38.3 Å². The van der Waals surface area contributed by atoms with Gasteiger partial charge in [0.25, 0.3) is 5.56 Å². The largest absolute Gasteiger partial charge is 0.277 e. The topological polar surface area (TPSA) is 65.1 Å². The molecule has 0 aliphatic heterocycles.